The summed E-state index contributed by atoms with van der Waals surface area (Å²) in [5.41, 5.74) is 1.05. The van der Waals surface area contributed by atoms with Gasteiger partial charge >= 0.3 is 5.97 Å². The van der Waals surface area contributed by atoms with Gasteiger partial charge in [0, 0.05) is 5.69 Å². The van der Waals surface area contributed by atoms with Crippen molar-refractivity contribution in [2.24, 2.45) is 22.1 Å². The summed E-state index contributed by atoms with van der Waals surface area (Å²) >= 11 is 0. The summed E-state index contributed by atoms with van der Waals surface area (Å²) in [5.74, 6) is -3.10. The smallest absolute Gasteiger partial charge is 0.310 e. The van der Waals surface area contributed by atoms with Crippen molar-refractivity contribution in [2.75, 3.05) is 5.32 Å². The number of hydrogen-bond donors (Lipinski definition) is 2. The summed E-state index contributed by atoms with van der Waals surface area (Å²) in [5, 5.41) is 20.6. The summed E-state index contributed by atoms with van der Waals surface area (Å²) in [4.78, 5) is 24.4. The number of carboxylic acids is 1. The molecule has 4 rings (SSSR count). The number of benzene rings is 2. The zero-order valence-corrected chi connectivity index (χ0v) is 15.1. The first-order valence-electron chi connectivity index (χ1n) is 8.94. The molecular formula is C21H19N3O4. The van der Waals surface area contributed by atoms with Gasteiger partial charge in [-0.25, -0.2) is 0 Å². The molecular weight excluding hydrogens is 358 g/mol. The predicted octanol–water partition coefficient (Wildman–Crippen LogP) is 4.08. The van der Waals surface area contributed by atoms with E-state index in [4.69, 9.17) is 4.74 Å². The van der Waals surface area contributed by atoms with Crippen molar-refractivity contribution in [1.82, 2.24) is 0 Å². The van der Waals surface area contributed by atoms with Gasteiger partial charge < -0.3 is 15.2 Å². The van der Waals surface area contributed by atoms with Gasteiger partial charge in [-0.05, 0) is 43.3 Å². The highest BCUT2D eigenvalue weighted by Crippen LogP contribution is 2.47. The number of nitrogens with zero attached hydrogens (tertiary/aromatic N) is 2. The van der Waals surface area contributed by atoms with E-state index in [0.29, 0.717) is 11.4 Å². The van der Waals surface area contributed by atoms with Crippen LogP contribution in [0.1, 0.15) is 6.92 Å². The number of hydrogen-bond acceptors (Lipinski definition) is 5. The summed E-state index contributed by atoms with van der Waals surface area (Å²) in [7, 11) is 0. The van der Waals surface area contributed by atoms with Crippen molar-refractivity contribution in [3.63, 3.8) is 0 Å². The van der Waals surface area contributed by atoms with E-state index in [-0.39, 0.29) is 5.91 Å². The van der Waals surface area contributed by atoms with Crippen LogP contribution in [0.5, 0.6) is 0 Å². The zero-order valence-electron chi connectivity index (χ0n) is 15.1. The number of rotatable bonds is 5. The van der Waals surface area contributed by atoms with Crippen molar-refractivity contribution in [2.45, 2.75) is 18.6 Å². The topological polar surface area (TPSA) is 100 Å². The highest BCUT2D eigenvalue weighted by Gasteiger charge is 2.59. The monoisotopic (exact) mass is 377 g/mol. The van der Waals surface area contributed by atoms with Crippen molar-refractivity contribution < 1.29 is 19.4 Å². The maximum atomic E-state index is 12.8. The minimum absolute atomic E-state index is 0.375. The molecule has 0 saturated carbocycles. The fraction of sp³-hybridized carbons (Fsp3) is 0.238. The number of anilines is 1. The SMILES string of the molecule is C[C@@]12C=C[C@@H](O1)[C@H](C(=O)O)[C@H]2C(=O)Nc1ccc(N=Nc2ccccc2)cc1. The lowest BCUT2D eigenvalue weighted by Crippen LogP contribution is -2.44. The maximum Gasteiger partial charge on any atom is 0.310 e. The number of nitrogens with one attached hydrogen (secondary N) is 1. The van der Waals surface area contributed by atoms with E-state index in [1.165, 1.54) is 0 Å². The average Bonchev–Trinajstić information content (AvgIpc) is 3.22. The summed E-state index contributed by atoms with van der Waals surface area (Å²) < 4.78 is 5.72. The molecule has 7 nitrogen and oxygen atoms in total. The van der Waals surface area contributed by atoms with Crippen LogP contribution in [0.15, 0.2) is 77.0 Å². The fourth-order valence-corrected chi connectivity index (χ4v) is 3.72. The lowest BCUT2D eigenvalue weighted by molar-refractivity contribution is -0.146. The molecule has 28 heavy (non-hydrogen) atoms. The third kappa shape index (κ3) is 3.32. The number of amides is 1. The van der Waals surface area contributed by atoms with Crippen LogP contribution in [0.2, 0.25) is 0 Å². The quantitative estimate of drug-likeness (QED) is 0.605. The van der Waals surface area contributed by atoms with Gasteiger partial charge in [0.15, 0.2) is 0 Å². The van der Waals surface area contributed by atoms with E-state index in [1.807, 2.05) is 30.3 Å². The van der Waals surface area contributed by atoms with Gasteiger partial charge in [0.1, 0.15) is 5.92 Å². The minimum atomic E-state index is -1.03. The maximum absolute atomic E-state index is 12.8. The molecule has 2 aliphatic heterocycles. The van der Waals surface area contributed by atoms with Gasteiger partial charge in [-0.2, -0.15) is 10.2 Å². The van der Waals surface area contributed by atoms with Gasteiger partial charge in [0.25, 0.3) is 0 Å². The molecule has 0 spiro atoms. The van der Waals surface area contributed by atoms with Crippen LogP contribution in [0.4, 0.5) is 17.1 Å². The second-order valence-corrected chi connectivity index (χ2v) is 7.04. The molecule has 2 aromatic rings. The Morgan fingerprint density at radius 1 is 1.04 bits per heavy atom. The Morgan fingerprint density at radius 2 is 1.68 bits per heavy atom. The molecule has 1 saturated heterocycles. The van der Waals surface area contributed by atoms with Crippen molar-refractivity contribution in [3.05, 3.63) is 66.7 Å². The van der Waals surface area contributed by atoms with Gasteiger partial charge in [-0.15, -0.1) is 0 Å². The molecule has 0 radical (unpaired) electrons. The van der Waals surface area contributed by atoms with Crippen LogP contribution in [0.3, 0.4) is 0 Å². The molecule has 0 aliphatic carbocycles. The first-order chi connectivity index (χ1) is 13.5. The van der Waals surface area contributed by atoms with Gasteiger partial charge in [-0.3, -0.25) is 9.59 Å². The highest BCUT2D eigenvalue weighted by atomic mass is 16.5. The molecule has 0 unspecified atom stereocenters. The number of carbonyl (C=O) groups is 2. The van der Waals surface area contributed by atoms with Crippen LogP contribution in [-0.2, 0) is 14.3 Å². The number of carbonyl (C=O) groups excluding carboxylic acids is 1. The Bertz CT molecular complexity index is 955. The molecule has 2 heterocycles. The Hall–Kier alpha value is -3.32. The number of fused-ring (bicyclic) bond motifs is 2. The summed E-state index contributed by atoms with van der Waals surface area (Å²) in [6, 6.07) is 16.2. The molecule has 2 aliphatic rings. The molecule has 7 heteroatoms. The highest BCUT2D eigenvalue weighted by molar-refractivity contribution is 5.97. The van der Waals surface area contributed by atoms with Crippen molar-refractivity contribution in [1.29, 1.82) is 0 Å². The lowest BCUT2D eigenvalue weighted by atomic mass is 9.75. The molecule has 4 atom stereocenters. The number of ether oxygens (including phenoxy) is 1. The van der Waals surface area contributed by atoms with Crippen LogP contribution in [0.25, 0.3) is 0 Å². The zero-order chi connectivity index (χ0) is 19.7. The largest absolute Gasteiger partial charge is 0.481 e. The van der Waals surface area contributed by atoms with E-state index in [0.717, 1.165) is 5.69 Å². The van der Waals surface area contributed by atoms with E-state index < -0.39 is 29.5 Å². The lowest BCUT2D eigenvalue weighted by Gasteiger charge is -2.27. The minimum Gasteiger partial charge on any atom is -0.481 e. The van der Waals surface area contributed by atoms with Gasteiger partial charge in [-0.1, -0.05) is 30.4 Å². The van der Waals surface area contributed by atoms with E-state index in [2.05, 4.69) is 15.5 Å². The number of carboxylic acid groups (broad SMARTS) is 1. The molecule has 0 aromatic heterocycles. The van der Waals surface area contributed by atoms with Crippen molar-refractivity contribution in [3.8, 4) is 0 Å². The number of azo groups is 1. The first kappa shape index (κ1) is 18.1. The number of aliphatic carboxylic acids is 1. The standard InChI is InChI=1S/C21H19N3O4/c1-21-12-11-16(28-21)17(20(26)27)18(21)19(25)22-13-7-9-15(10-8-13)24-23-14-5-3-2-4-6-14/h2-12,16-18H,1H3,(H,22,25)(H,26,27)/t16-,17+,18+,21+/m1/s1. The molecule has 142 valence electrons. The van der Waals surface area contributed by atoms with Gasteiger partial charge in [0.05, 0.1) is 29.0 Å². The fourth-order valence-electron chi connectivity index (χ4n) is 3.72. The van der Waals surface area contributed by atoms with E-state index in [1.54, 1.807) is 43.3 Å². The van der Waals surface area contributed by atoms with Crippen molar-refractivity contribution >= 4 is 28.9 Å². The van der Waals surface area contributed by atoms with E-state index >= 15 is 0 Å². The molecule has 2 bridgehead atoms. The van der Waals surface area contributed by atoms with Crippen LogP contribution < -0.4 is 5.32 Å². The Balaban J connectivity index is 1.46. The molecule has 1 fully saturated rings. The van der Waals surface area contributed by atoms with Crippen LogP contribution in [0, 0.1) is 11.8 Å². The van der Waals surface area contributed by atoms with E-state index in [9.17, 15) is 14.7 Å². The van der Waals surface area contributed by atoms with Crippen LogP contribution >= 0.6 is 0 Å². The third-order valence-corrected chi connectivity index (χ3v) is 5.08. The second kappa shape index (κ2) is 7.01. The van der Waals surface area contributed by atoms with Gasteiger partial charge in [0.2, 0.25) is 5.91 Å². The molecule has 1 amide bonds. The summed E-state index contributed by atoms with van der Waals surface area (Å²) in [6.45, 7) is 1.74. The molecule has 2 aromatic carbocycles. The predicted molar refractivity (Wildman–Crippen MR) is 103 cm³/mol. The summed E-state index contributed by atoms with van der Waals surface area (Å²) in [6.07, 6.45) is 2.92. The average molecular weight is 377 g/mol. The third-order valence-electron chi connectivity index (χ3n) is 5.08. The second-order valence-electron chi connectivity index (χ2n) is 7.04. The first-order valence-corrected chi connectivity index (χ1v) is 8.94. The Morgan fingerprint density at radius 3 is 2.32 bits per heavy atom. The molecule has 2 N–H and O–H groups in total. The Kier molecular flexibility index (Phi) is 4.52. The van der Waals surface area contributed by atoms with Crippen LogP contribution in [-0.4, -0.2) is 28.7 Å². The Labute approximate surface area is 161 Å². The normalized spacial score (nSPS) is 28.0.